The molecule has 1 fully saturated rings. The van der Waals surface area contributed by atoms with E-state index < -0.39 is 16.1 Å². The van der Waals surface area contributed by atoms with Crippen molar-refractivity contribution in [3.63, 3.8) is 0 Å². The van der Waals surface area contributed by atoms with Crippen molar-refractivity contribution in [3.05, 3.63) is 52.9 Å². The van der Waals surface area contributed by atoms with E-state index in [4.69, 9.17) is 5.26 Å². The van der Waals surface area contributed by atoms with Gasteiger partial charge in [0.25, 0.3) is 10.0 Å². The van der Waals surface area contributed by atoms with Crippen molar-refractivity contribution in [2.24, 2.45) is 0 Å². The number of hydrogen-bond donors (Lipinski definition) is 1. The van der Waals surface area contributed by atoms with Crippen molar-refractivity contribution in [1.82, 2.24) is 9.62 Å². The summed E-state index contributed by atoms with van der Waals surface area (Å²) in [4.78, 5) is 12.5. The highest BCUT2D eigenvalue weighted by atomic mass is 32.2. The largest absolute Gasteiger partial charge is 0.351 e. The second-order valence-electron chi connectivity index (χ2n) is 5.73. The summed E-state index contributed by atoms with van der Waals surface area (Å²) >= 11 is 1.16. The Morgan fingerprint density at radius 2 is 2.08 bits per heavy atom. The molecule has 1 aliphatic rings. The van der Waals surface area contributed by atoms with Crippen LogP contribution in [0.4, 0.5) is 0 Å². The monoisotopic (exact) mass is 375 g/mol. The molecule has 2 aromatic rings. The number of nitrogens with zero attached hydrogens (tertiary/aromatic N) is 2. The predicted molar refractivity (Wildman–Crippen MR) is 94.2 cm³/mol. The molecule has 1 saturated heterocycles. The average Bonchev–Trinajstić information content (AvgIpc) is 3.31. The van der Waals surface area contributed by atoms with Gasteiger partial charge in [0, 0.05) is 13.1 Å². The first kappa shape index (κ1) is 17.6. The summed E-state index contributed by atoms with van der Waals surface area (Å²) in [7, 11) is -3.63. The molecule has 3 rings (SSSR count). The summed E-state index contributed by atoms with van der Waals surface area (Å²) in [6.07, 6.45) is 1.18. The highest BCUT2D eigenvalue weighted by Crippen LogP contribution is 2.28. The van der Waals surface area contributed by atoms with Crippen molar-refractivity contribution in [3.8, 4) is 6.07 Å². The van der Waals surface area contributed by atoms with E-state index in [0.29, 0.717) is 31.5 Å². The minimum absolute atomic E-state index is 0.263. The molecule has 0 bridgehead atoms. The lowest BCUT2D eigenvalue weighted by molar-refractivity contribution is -0.124. The van der Waals surface area contributed by atoms with Crippen molar-refractivity contribution in [2.75, 3.05) is 6.54 Å². The third-order valence-corrected chi connectivity index (χ3v) is 7.40. The molecule has 25 heavy (non-hydrogen) atoms. The number of nitriles is 1. The molecule has 8 heteroatoms. The maximum Gasteiger partial charge on any atom is 0.253 e. The molecule has 0 radical (unpaired) electrons. The molecule has 1 N–H and O–H groups in total. The number of nitrogens with one attached hydrogen (secondary N) is 1. The number of hydrogen-bond acceptors (Lipinski definition) is 5. The highest BCUT2D eigenvalue weighted by Gasteiger charge is 2.39. The lowest BCUT2D eigenvalue weighted by Gasteiger charge is -2.22. The zero-order valence-electron chi connectivity index (χ0n) is 13.4. The average molecular weight is 375 g/mol. The molecule has 1 unspecified atom stereocenters. The molecule has 0 saturated carbocycles. The van der Waals surface area contributed by atoms with Gasteiger partial charge in [-0.25, -0.2) is 8.42 Å². The van der Waals surface area contributed by atoms with Crippen molar-refractivity contribution < 1.29 is 13.2 Å². The Morgan fingerprint density at radius 1 is 1.32 bits per heavy atom. The van der Waals surface area contributed by atoms with Gasteiger partial charge in [0.2, 0.25) is 5.91 Å². The number of carbonyl (C=O) groups excluding carboxylic acids is 1. The number of carbonyl (C=O) groups is 1. The fraction of sp³-hybridized carbons (Fsp3) is 0.294. The topological polar surface area (TPSA) is 90.3 Å². The summed E-state index contributed by atoms with van der Waals surface area (Å²) in [6, 6.07) is 11.5. The van der Waals surface area contributed by atoms with Gasteiger partial charge in [-0.2, -0.15) is 9.57 Å². The Kier molecular flexibility index (Phi) is 5.18. The fourth-order valence-corrected chi connectivity index (χ4v) is 5.60. The second kappa shape index (κ2) is 7.35. The van der Waals surface area contributed by atoms with Gasteiger partial charge in [-0.3, -0.25) is 4.79 Å². The van der Waals surface area contributed by atoms with Gasteiger partial charge < -0.3 is 5.32 Å². The number of benzene rings is 1. The fourth-order valence-electron chi connectivity index (χ4n) is 2.82. The second-order valence-corrected chi connectivity index (χ2v) is 8.80. The summed E-state index contributed by atoms with van der Waals surface area (Å²) in [5.74, 6) is -0.290. The van der Waals surface area contributed by atoms with Crippen LogP contribution < -0.4 is 5.32 Å². The molecular weight excluding hydrogens is 358 g/mol. The Balaban J connectivity index is 1.67. The molecule has 130 valence electrons. The minimum atomic E-state index is -3.63. The van der Waals surface area contributed by atoms with E-state index in [0.717, 1.165) is 16.9 Å². The molecule has 0 aliphatic carbocycles. The molecular formula is C17H17N3O3S2. The first-order chi connectivity index (χ1) is 12.0. The van der Waals surface area contributed by atoms with E-state index in [2.05, 4.69) is 5.32 Å². The molecule has 6 nitrogen and oxygen atoms in total. The van der Waals surface area contributed by atoms with Gasteiger partial charge in [-0.1, -0.05) is 18.2 Å². The lowest BCUT2D eigenvalue weighted by Crippen LogP contribution is -2.45. The molecule has 0 spiro atoms. The summed E-state index contributed by atoms with van der Waals surface area (Å²) < 4.78 is 26.9. The van der Waals surface area contributed by atoms with Crippen LogP contribution in [0.3, 0.4) is 0 Å². The van der Waals surface area contributed by atoms with Crippen LogP contribution in [0.15, 0.2) is 46.0 Å². The van der Waals surface area contributed by atoms with Crippen molar-refractivity contribution >= 4 is 27.3 Å². The van der Waals surface area contributed by atoms with Gasteiger partial charge in [0.05, 0.1) is 11.6 Å². The molecule has 1 aromatic heterocycles. The summed E-state index contributed by atoms with van der Waals surface area (Å²) in [5, 5.41) is 13.3. The molecule has 1 aromatic carbocycles. The van der Waals surface area contributed by atoms with E-state index in [1.165, 1.54) is 4.31 Å². The SMILES string of the molecule is N#Cc1ccc(CNC(=O)C2CCCN2S(=O)(=O)c2cccs2)cc1. The number of amides is 1. The Labute approximate surface area is 150 Å². The first-order valence-electron chi connectivity index (χ1n) is 7.84. The standard InChI is InChI=1S/C17H17N3O3S2/c18-11-13-5-7-14(8-6-13)12-19-17(21)15-3-1-9-20(15)25(22,23)16-4-2-10-24-16/h2,4-8,10,15H,1,3,9,12H2,(H,19,21). The third-order valence-electron chi connectivity index (χ3n) is 4.11. The van der Waals surface area contributed by atoms with Crippen LogP contribution in [-0.2, 0) is 21.4 Å². The maximum absolute atomic E-state index is 12.7. The van der Waals surface area contributed by atoms with Crippen LogP contribution in [0.1, 0.15) is 24.0 Å². The molecule has 1 atom stereocenters. The number of sulfonamides is 1. The van der Waals surface area contributed by atoms with Gasteiger partial charge in [0.1, 0.15) is 10.3 Å². The molecule has 1 amide bonds. The summed E-state index contributed by atoms with van der Waals surface area (Å²) in [5.41, 5.74) is 1.41. The Hall–Kier alpha value is -2.21. The molecule has 1 aliphatic heterocycles. The van der Waals surface area contributed by atoms with E-state index in [9.17, 15) is 13.2 Å². The van der Waals surface area contributed by atoms with E-state index in [1.54, 1.807) is 41.8 Å². The van der Waals surface area contributed by atoms with Crippen LogP contribution in [0, 0.1) is 11.3 Å². The number of thiophene rings is 1. The van der Waals surface area contributed by atoms with Gasteiger partial charge in [-0.15, -0.1) is 11.3 Å². The minimum Gasteiger partial charge on any atom is -0.351 e. The van der Waals surface area contributed by atoms with Crippen LogP contribution in [0.5, 0.6) is 0 Å². The van der Waals surface area contributed by atoms with Gasteiger partial charge in [0.15, 0.2) is 0 Å². The predicted octanol–water partition coefficient (Wildman–Crippen LogP) is 2.09. The van der Waals surface area contributed by atoms with Gasteiger partial charge >= 0.3 is 0 Å². The zero-order valence-corrected chi connectivity index (χ0v) is 15.0. The third kappa shape index (κ3) is 3.74. The smallest absolute Gasteiger partial charge is 0.253 e. The Bertz CT molecular complexity index is 884. The first-order valence-corrected chi connectivity index (χ1v) is 10.2. The van der Waals surface area contributed by atoms with E-state index >= 15 is 0 Å². The maximum atomic E-state index is 12.7. The zero-order chi connectivity index (χ0) is 17.9. The highest BCUT2D eigenvalue weighted by molar-refractivity contribution is 7.91. The van der Waals surface area contributed by atoms with Crippen LogP contribution in [-0.4, -0.2) is 31.2 Å². The Morgan fingerprint density at radius 3 is 2.72 bits per heavy atom. The van der Waals surface area contributed by atoms with Crippen LogP contribution >= 0.6 is 11.3 Å². The number of rotatable bonds is 5. The van der Waals surface area contributed by atoms with Crippen molar-refractivity contribution in [1.29, 1.82) is 5.26 Å². The van der Waals surface area contributed by atoms with E-state index in [-0.39, 0.29) is 10.1 Å². The molecule has 2 heterocycles. The van der Waals surface area contributed by atoms with Gasteiger partial charge in [-0.05, 0) is 42.0 Å². The lowest BCUT2D eigenvalue weighted by atomic mass is 10.1. The van der Waals surface area contributed by atoms with Crippen LogP contribution in [0.2, 0.25) is 0 Å². The van der Waals surface area contributed by atoms with E-state index in [1.807, 2.05) is 6.07 Å². The summed E-state index contributed by atoms with van der Waals surface area (Å²) in [6.45, 7) is 0.656. The quantitative estimate of drug-likeness (QED) is 0.866. The van der Waals surface area contributed by atoms with Crippen molar-refractivity contribution in [2.45, 2.75) is 29.6 Å². The normalized spacial score (nSPS) is 18.0. The van der Waals surface area contributed by atoms with Crippen LogP contribution in [0.25, 0.3) is 0 Å².